The van der Waals surface area contributed by atoms with E-state index in [-0.39, 0.29) is 0 Å². The highest BCUT2D eigenvalue weighted by molar-refractivity contribution is 5.64. The highest BCUT2D eigenvalue weighted by Crippen LogP contribution is 2.31. The van der Waals surface area contributed by atoms with Gasteiger partial charge in [0.05, 0.1) is 5.56 Å². The summed E-state index contributed by atoms with van der Waals surface area (Å²) < 4.78 is 51.1. The summed E-state index contributed by atoms with van der Waals surface area (Å²) in [5.41, 5.74) is 0.870. The highest BCUT2D eigenvalue weighted by Gasteiger charge is 2.30. The Bertz CT molecular complexity index is 568. The molecule has 0 atom stereocenters. The van der Waals surface area contributed by atoms with Crippen molar-refractivity contribution in [2.45, 2.75) is 19.5 Å². The van der Waals surface area contributed by atoms with Crippen LogP contribution in [0.5, 0.6) is 0 Å². The average molecular weight is 268 g/mol. The van der Waals surface area contributed by atoms with Crippen molar-refractivity contribution in [3.05, 3.63) is 59.4 Å². The van der Waals surface area contributed by atoms with Gasteiger partial charge >= 0.3 is 6.18 Å². The molecule has 0 heterocycles. The van der Waals surface area contributed by atoms with Crippen LogP contribution in [0.4, 0.5) is 17.6 Å². The van der Waals surface area contributed by atoms with Crippen LogP contribution in [0, 0.1) is 5.82 Å². The third kappa shape index (κ3) is 2.95. The van der Waals surface area contributed by atoms with Gasteiger partial charge in [-0.25, -0.2) is 4.39 Å². The number of alkyl halides is 3. The molecule has 0 aromatic heterocycles. The first-order chi connectivity index (χ1) is 8.91. The SMILES string of the molecule is CCc1ccc(-c2ccc(C(F)(F)F)cc2)c(F)c1. The predicted molar refractivity (Wildman–Crippen MR) is 66.2 cm³/mol. The minimum Gasteiger partial charge on any atom is -0.206 e. The zero-order valence-electron chi connectivity index (χ0n) is 10.3. The fourth-order valence-electron chi connectivity index (χ4n) is 1.85. The van der Waals surface area contributed by atoms with E-state index in [4.69, 9.17) is 0 Å². The molecule has 0 aliphatic carbocycles. The molecule has 0 unspecified atom stereocenters. The lowest BCUT2D eigenvalue weighted by atomic mass is 10.0. The van der Waals surface area contributed by atoms with Gasteiger partial charge in [0.2, 0.25) is 0 Å². The second-order valence-corrected chi connectivity index (χ2v) is 4.24. The lowest BCUT2D eigenvalue weighted by molar-refractivity contribution is -0.137. The van der Waals surface area contributed by atoms with Gasteiger partial charge in [-0.05, 0) is 35.7 Å². The van der Waals surface area contributed by atoms with E-state index in [0.717, 1.165) is 17.7 Å². The molecule has 2 aromatic rings. The quantitative estimate of drug-likeness (QED) is 0.667. The minimum absolute atomic E-state index is 0.311. The maximum Gasteiger partial charge on any atom is 0.416 e. The van der Waals surface area contributed by atoms with E-state index in [1.165, 1.54) is 18.2 Å². The fraction of sp³-hybridized carbons (Fsp3) is 0.200. The summed E-state index contributed by atoms with van der Waals surface area (Å²) >= 11 is 0. The molecule has 4 heteroatoms. The molecule has 2 aromatic carbocycles. The number of rotatable bonds is 2. The Kier molecular flexibility index (Phi) is 3.60. The molecule has 0 saturated heterocycles. The number of aryl methyl sites for hydroxylation is 1. The molecular formula is C15H12F4. The van der Waals surface area contributed by atoms with Gasteiger partial charge in [-0.2, -0.15) is 13.2 Å². The van der Waals surface area contributed by atoms with Crippen molar-refractivity contribution in [3.63, 3.8) is 0 Å². The van der Waals surface area contributed by atoms with E-state index < -0.39 is 17.6 Å². The maximum atomic E-state index is 13.8. The van der Waals surface area contributed by atoms with Crippen molar-refractivity contribution in [3.8, 4) is 11.1 Å². The van der Waals surface area contributed by atoms with Crippen LogP contribution in [-0.4, -0.2) is 0 Å². The summed E-state index contributed by atoms with van der Waals surface area (Å²) in [7, 11) is 0. The Hall–Kier alpha value is -1.84. The Morgan fingerprint density at radius 2 is 1.58 bits per heavy atom. The topological polar surface area (TPSA) is 0 Å². The minimum atomic E-state index is -4.37. The molecule has 0 spiro atoms. The summed E-state index contributed by atoms with van der Waals surface area (Å²) in [5.74, 6) is -0.417. The molecule has 0 fully saturated rings. The molecule has 0 nitrogen and oxygen atoms in total. The van der Waals surface area contributed by atoms with E-state index in [2.05, 4.69) is 0 Å². The van der Waals surface area contributed by atoms with Crippen molar-refractivity contribution < 1.29 is 17.6 Å². The van der Waals surface area contributed by atoms with Crippen LogP contribution in [0.1, 0.15) is 18.1 Å². The lowest BCUT2D eigenvalue weighted by Crippen LogP contribution is -2.04. The van der Waals surface area contributed by atoms with Crippen LogP contribution < -0.4 is 0 Å². The van der Waals surface area contributed by atoms with Gasteiger partial charge < -0.3 is 0 Å². The van der Waals surface area contributed by atoms with Crippen molar-refractivity contribution in [1.29, 1.82) is 0 Å². The van der Waals surface area contributed by atoms with Gasteiger partial charge in [-0.3, -0.25) is 0 Å². The van der Waals surface area contributed by atoms with E-state index in [1.807, 2.05) is 6.92 Å². The number of hydrogen-bond acceptors (Lipinski definition) is 0. The van der Waals surface area contributed by atoms with Crippen LogP contribution in [0.3, 0.4) is 0 Å². The summed E-state index contributed by atoms with van der Waals surface area (Å²) in [6, 6.07) is 9.27. The smallest absolute Gasteiger partial charge is 0.206 e. The predicted octanol–water partition coefficient (Wildman–Crippen LogP) is 5.07. The van der Waals surface area contributed by atoms with Crippen molar-refractivity contribution in [2.75, 3.05) is 0 Å². The molecule has 0 aliphatic heterocycles. The monoisotopic (exact) mass is 268 g/mol. The zero-order valence-corrected chi connectivity index (χ0v) is 10.3. The second kappa shape index (κ2) is 5.03. The first kappa shape index (κ1) is 13.6. The van der Waals surface area contributed by atoms with Gasteiger partial charge in [-0.1, -0.05) is 31.2 Å². The van der Waals surface area contributed by atoms with Crippen LogP contribution in [0.2, 0.25) is 0 Å². The normalized spacial score (nSPS) is 11.6. The molecule has 0 amide bonds. The molecule has 2 rings (SSSR count). The van der Waals surface area contributed by atoms with E-state index in [1.54, 1.807) is 12.1 Å². The number of hydrogen-bond donors (Lipinski definition) is 0. The Morgan fingerprint density at radius 1 is 0.947 bits per heavy atom. The Balaban J connectivity index is 2.37. The van der Waals surface area contributed by atoms with Crippen molar-refractivity contribution >= 4 is 0 Å². The first-order valence-corrected chi connectivity index (χ1v) is 5.88. The molecular weight excluding hydrogens is 256 g/mol. The van der Waals surface area contributed by atoms with Crippen LogP contribution in [-0.2, 0) is 12.6 Å². The van der Waals surface area contributed by atoms with Crippen LogP contribution >= 0.6 is 0 Å². The van der Waals surface area contributed by atoms with E-state index in [0.29, 0.717) is 17.5 Å². The fourth-order valence-corrected chi connectivity index (χ4v) is 1.85. The van der Waals surface area contributed by atoms with E-state index >= 15 is 0 Å². The summed E-state index contributed by atoms with van der Waals surface area (Å²) in [5, 5.41) is 0. The summed E-state index contributed by atoms with van der Waals surface area (Å²) in [6.07, 6.45) is -3.66. The molecule has 100 valence electrons. The first-order valence-electron chi connectivity index (χ1n) is 5.88. The molecule has 0 N–H and O–H groups in total. The standard InChI is InChI=1S/C15H12F4/c1-2-10-3-8-13(14(16)9-10)11-4-6-12(7-5-11)15(17,18)19/h3-9H,2H2,1H3. The molecule has 0 saturated carbocycles. The molecule has 0 radical (unpaired) electrons. The molecule has 0 bridgehead atoms. The third-order valence-corrected chi connectivity index (χ3v) is 2.96. The number of benzene rings is 2. The third-order valence-electron chi connectivity index (χ3n) is 2.96. The lowest BCUT2D eigenvalue weighted by Gasteiger charge is -2.09. The highest BCUT2D eigenvalue weighted by atomic mass is 19.4. The summed E-state index contributed by atoms with van der Waals surface area (Å²) in [4.78, 5) is 0. The van der Waals surface area contributed by atoms with Crippen molar-refractivity contribution in [1.82, 2.24) is 0 Å². The Labute approximate surface area is 108 Å². The zero-order chi connectivity index (χ0) is 14.0. The van der Waals surface area contributed by atoms with E-state index in [9.17, 15) is 17.6 Å². The van der Waals surface area contributed by atoms with Crippen molar-refractivity contribution in [2.24, 2.45) is 0 Å². The maximum absolute atomic E-state index is 13.8. The van der Waals surface area contributed by atoms with Gasteiger partial charge in [0.25, 0.3) is 0 Å². The average Bonchev–Trinajstić information content (AvgIpc) is 2.37. The van der Waals surface area contributed by atoms with Gasteiger partial charge in [-0.15, -0.1) is 0 Å². The van der Waals surface area contributed by atoms with Gasteiger partial charge in [0.15, 0.2) is 0 Å². The molecule has 0 aliphatic rings. The summed E-state index contributed by atoms with van der Waals surface area (Å²) in [6.45, 7) is 1.91. The van der Waals surface area contributed by atoms with Crippen LogP contribution in [0.25, 0.3) is 11.1 Å². The number of halogens is 4. The molecule has 19 heavy (non-hydrogen) atoms. The Morgan fingerprint density at radius 3 is 2.05 bits per heavy atom. The van der Waals surface area contributed by atoms with Gasteiger partial charge in [0.1, 0.15) is 5.82 Å². The van der Waals surface area contributed by atoms with Gasteiger partial charge in [0, 0.05) is 5.56 Å². The second-order valence-electron chi connectivity index (χ2n) is 4.24. The largest absolute Gasteiger partial charge is 0.416 e. The van der Waals surface area contributed by atoms with Crippen LogP contribution in [0.15, 0.2) is 42.5 Å².